The van der Waals surface area contributed by atoms with Crippen molar-refractivity contribution in [2.24, 2.45) is 0 Å². The molecule has 3 aromatic rings. The number of carbonyl (C=O) groups is 1. The minimum atomic E-state index is -0.258. The molecule has 0 aliphatic carbocycles. The van der Waals surface area contributed by atoms with E-state index in [2.05, 4.69) is 40.3 Å². The van der Waals surface area contributed by atoms with Crippen LogP contribution in [0.15, 0.2) is 60.8 Å². The second-order valence-electron chi connectivity index (χ2n) is 7.11. The Morgan fingerprint density at radius 1 is 1.18 bits per heavy atom. The fraction of sp³-hybridized carbons (Fsp3) is 0.217. The van der Waals surface area contributed by atoms with Gasteiger partial charge in [0.05, 0.1) is 12.8 Å². The van der Waals surface area contributed by atoms with Crippen LogP contribution in [0.25, 0.3) is 0 Å². The fourth-order valence-electron chi connectivity index (χ4n) is 3.76. The number of nitrogens with one attached hydrogen (secondary N) is 1. The zero-order valence-corrected chi connectivity index (χ0v) is 16.3. The zero-order chi connectivity index (χ0) is 19.7. The van der Waals surface area contributed by atoms with Crippen molar-refractivity contribution >= 4 is 23.0 Å². The van der Waals surface area contributed by atoms with Crippen molar-refractivity contribution < 1.29 is 9.53 Å². The molecule has 28 heavy (non-hydrogen) atoms. The van der Waals surface area contributed by atoms with E-state index >= 15 is 0 Å². The Kier molecular flexibility index (Phi) is 4.74. The molecule has 1 aliphatic heterocycles. The summed E-state index contributed by atoms with van der Waals surface area (Å²) >= 11 is 0. The Bertz CT molecular complexity index is 1030. The van der Waals surface area contributed by atoms with Crippen molar-refractivity contribution in [1.82, 2.24) is 4.98 Å². The first kappa shape index (κ1) is 18.0. The van der Waals surface area contributed by atoms with Gasteiger partial charge in [-0.1, -0.05) is 24.3 Å². The van der Waals surface area contributed by atoms with Crippen molar-refractivity contribution in [3.05, 3.63) is 77.6 Å². The van der Waals surface area contributed by atoms with Crippen molar-refractivity contribution in [1.29, 1.82) is 0 Å². The molecule has 0 saturated carbocycles. The van der Waals surface area contributed by atoms with Crippen LogP contribution in [0.5, 0.6) is 5.75 Å². The highest BCUT2D eigenvalue weighted by Gasteiger charge is 2.27. The van der Waals surface area contributed by atoms with Crippen LogP contribution in [0.3, 0.4) is 0 Å². The lowest BCUT2D eigenvalue weighted by molar-refractivity contribution is 0.102. The number of benzene rings is 2. The molecule has 0 spiro atoms. The van der Waals surface area contributed by atoms with Crippen LogP contribution < -0.4 is 15.0 Å². The van der Waals surface area contributed by atoms with Gasteiger partial charge >= 0.3 is 0 Å². The number of pyridine rings is 1. The number of hydrogen-bond acceptors (Lipinski definition) is 4. The number of ether oxygens (including phenoxy) is 1. The van der Waals surface area contributed by atoms with E-state index in [0.717, 1.165) is 17.7 Å². The average molecular weight is 373 g/mol. The van der Waals surface area contributed by atoms with E-state index in [1.165, 1.54) is 11.3 Å². The molecule has 2 heterocycles. The number of aromatic nitrogens is 1. The summed E-state index contributed by atoms with van der Waals surface area (Å²) in [6.07, 6.45) is 2.67. The summed E-state index contributed by atoms with van der Waals surface area (Å²) in [4.78, 5) is 19.4. The summed E-state index contributed by atoms with van der Waals surface area (Å²) in [6.45, 7) is 4.16. The fourth-order valence-corrected chi connectivity index (χ4v) is 3.76. The van der Waals surface area contributed by atoms with Crippen molar-refractivity contribution in [3.8, 4) is 5.75 Å². The molecular weight excluding hydrogens is 350 g/mol. The summed E-state index contributed by atoms with van der Waals surface area (Å²) < 4.78 is 5.35. The molecule has 1 N–H and O–H groups in total. The van der Waals surface area contributed by atoms with E-state index in [0.29, 0.717) is 23.2 Å². The first-order valence-corrected chi connectivity index (χ1v) is 9.36. The molecule has 142 valence electrons. The molecule has 0 fully saturated rings. The van der Waals surface area contributed by atoms with Crippen LogP contribution >= 0.6 is 0 Å². The van der Waals surface area contributed by atoms with E-state index < -0.39 is 0 Å². The molecule has 2 aromatic carbocycles. The zero-order valence-electron chi connectivity index (χ0n) is 16.3. The molecule has 1 aromatic heterocycles. The molecule has 1 aliphatic rings. The number of fused-ring (bicyclic) bond motifs is 1. The largest absolute Gasteiger partial charge is 0.495 e. The van der Waals surface area contributed by atoms with Gasteiger partial charge in [-0.15, -0.1) is 0 Å². The normalized spacial score (nSPS) is 15.2. The molecule has 1 atom stereocenters. The summed E-state index contributed by atoms with van der Waals surface area (Å²) in [6, 6.07) is 18.2. The third kappa shape index (κ3) is 3.31. The topological polar surface area (TPSA) is 54.5 Å². The molecule has 5 nitrogen and oxygen atoms in total. The van der Waals surface area contributed by atoms with Gasteiger partial charge in [-0.05, 0) is 61.7 Å². The molecule has 0 radical (unpaired) electrons. The van der Waals surface area contributed by atoms with Crippen molar-refractivity contribution in [2.75, 3.05) is 17.3 Å². The Balaban J connectivity index is 1.63. The Hall–Kier alpha value is -3.34. The van der Waals surface area contributed by atoms with Gasteiger partial charge < -0.3 is 15.0 Å². The van der Waals surface area contributed by atoms with Crippen LogP contribution in [0.1, 0.15) is 28.5 Å². The second kappa shape index (κ2) is 7.35. The number of rotatable bonds is 4. The molecular formula is C23H23N3O2. The maximum atomic E-state index is 12.8. The number of hydrogen-bond donors (Lipinski definition) is 1. The summed E-state index contributed by atoms with van der Waals surface area (Å²) in [5.41, 5.74) is 5.53. The summed E-state index contributed by atoms with van der Waals surface area (Å²) in [7, 11) is 1.59. The maximum absolute atomic E-state index is 12.8. The van der Waals surface area contributed by atoms with E-state index in [9.17, 15) is 4.79 Å². The maximum Gasteiger partial charge on any atom is 0.274 e. The van der Waals surface area contributed by atoms with Crippen LogP contribution in [0, 0.1) is 6.92 Å². The highest BCUT2D eigenvalue weighted by atomic mass is 16.5. The Labute approximate surface area is 165 Å². The number of nitrogens with zero attached hydrogens (tertiary/aromatic N) is 2. The smallest absolute Gasteiger partial charge is 0.274 e. The van der Waals surface area contributed by atoms with E-state index in [1.807, 2.05) is 43.3 Å². The third-order valence-corrected chi connectivity index (χ3v) is 5.06. The summed E-state index contributed by atoms with van der Waals surface area (Å²) in [5, 5.41) is 2.92. The quantitative estimate of drug-likeness (QED) is 0.718. The minimum absolute atomic E-state index is 0.258. The molecule has 0 saturated heterocycles. The molecule has 1 unspecified atom stereocenters. The Morgan fingerprint density at radius 3 is 2.82 bits per heavy atom. The van der Waals surface area contributed by atoms with Gasteiger partial charge in [0, 0.05) is 23.6 Å². The van der Waals surface area contributed by atoms with E-state index in [1.54, 1.807) is 13.3 Å². The third-order valence-electron chi connectivity index (χ3n) is 5.06. The molecule has 1 amide bonds. The van der Waals surface area contributed by atoms with Gasteiger partial charge in [0.25, 0.3) is 5.91 Å². The van der Waals surface area contributed by atoms with E-state index in [4.69, 9.17) is 4.74 Å². The van der Waals surface area contributed by atoms with Crippen molar-refractivity contribution in [3.63, 3.8) is 0 Å². The predicted octanol–water partition coefficient (Wildman–Crippen LogP) is 4.73. The SMILES string of the molecule is COc1ccc(C)cc1NC(=O)c1cc(N2c3ccccc3CC2C)ccn1. The molecule has 0 bridgehead atoms. The second-order valence-corrected chi connectivity index (χ2v) is 7.11. The number of para-hydroxylation sites is 1. The summed E-state index contributed by atoms with van der Waals surface area (Å²) in [5.74, 6) is 0.364. The van der Waals surface area contributed by atoms with Gasteiger partial charge in [-0.25, -0.2) is 0 Å². The standard InChI is InChI=1S/C23H23N3O2/c1-15-8-9-22(28-3)19(12-15)25-23(27)20-14-18(10-11-24-20)26-16(2)13-17-6-4-5-7-21(17)26/h4-12,14,16H,13H2,1-3H3,(H,25,27). The Morgan fingerprint density at radius 2 is 2.00 bits per heavy atom. The van der Waals surface area contributed by atoms with Gasteiger partial charge in [0.15, 0.2) is 0 Å². The first-order valence-electron chi connectivity index (χ1n) is 9.36. The monoisotopic (exact) mass is 373 g/mol. The lowest BCUT2D eigenvalue weighted by atomic mass is 10.1. The molecule has 4 rings (SSSR count). The van der Waals surface area contributed by atoms with Gasteiger partial charge in [0.2, 0.25) is 0 Å². The van der Waals surface area contributed by atoms with Gasteiger partial charge in [-0.2, -0.15) is 0 Å². The minimum Gasteiger partial charge on any atom is -0.495 e. The average Bonchev–Trinajstić information content (AvgIpc) is 3.04. The van der Waals surface area contributed by atoms with Crippen LogP contribution in [0.2, 0.25) is 0 Å². The van der Waals surface area contributed by atoms with Crippen LogP contribution in [-0.4, -0.2) is 24.0 Å². The van der Waals surface area contributed by atoms with Gasteiger partial charge in [-0.3, -0.25) is 9.78 Å². The van der Waals surface area contributed by atoms with Crippen molar-refractivity contribution in [2.45, 2.75) is 26.3 Å². The highest BCUT2D eigenvalue weighted by Crippen LogP contribution is 2.38. The van der Waals surface area contributed by atoms with E-state index in [-0.39, 0.29) is 5.91 Å². The van der Waals surface area contributed by atoms with Gasteiger partial charge in [0.1, 0.15) is 11.4 Å². The number of amides is 1. The lowest BCUT2D eigenvalue weighted by Gasteiger charge is -2.25. The van der Waals surface area contributed by atoms with Crippen LogP contribution in [0.4, 0.5) is 17.1 Å². The molecule has 5 heteroatoms. The predicted molar refractivity (Wildman–Crippen MR) is 112 cm³/mol. The van der Waals surface area contributed by atoms with Crippen LogP contribution in [-0.2, 0) is 6.42 Å². The number of carbonyl (C=O) groups excluding carboxylic acids is 1. The first-order chi connectivity index (χ1) is 13.6. The number of methoxy groups -OCH3 is 1. The number of aryl methyl sites for hydroxylation is 1. The lowest BCUT2D eigenvalue weighted by Crippen LogP contribution is -2.24. The highest BCUT2D eigenvalue weighted by molar-refractivity contribution is 6.04. The number of anilines is 3.